The molecule has 0 unspecified atom stereocenters. The van der Waals surface area contributed by atoms with Crippen LogP contribution in [0.25, 0.3) is 0 Å². The Bertz CT molecular complexity index is 360. The van der Waals surface area contributed by atoms with Crippen LogP contribution in [-0.2, 0) is 14.3 Å². The Morgan fingerprint density at radius 1 is 1.35 bits per heavy atom. The minimum absolute atomic E-state index is 0.0505. The van der Waals surface area contributed by atoms with E-state index in [0.717, 1.165) is 19.1 Å². The molecule has 1 aliphatic heterocycles. The molecule has 0 radical (unpaired) electrons. The predicted octanol–water partition coefficient (Wildman–Crippen LogP) is 2.31. The SMILES string of the molecule is CC1(C)COC2(C=C3CCC[C@H]3[C@@H]2C=O)OC1. The van der Waals surface area contributed by atoms with Crippen molar-refractivity contribution in [3.8, 4) is 0 Å². The van der Waals surface area contributed by atoms with Gasteiger partial charge < -0.3 is 14.3 Å². The van der Waals surface area contributed by atoms with Crippen molar-refractivity contribution in [3.63, 3.8) is 0 Å². The second kappa shape index (κ2) is 3.66. The number of ether oxygens (including phenoxy) is 2. The molecule has 0 aromatic rings. The summed E-state index contributed by atoms with van der Waals surface area (Å²) in [4.78, 5) is 11.4. The molecule has 0 amide bonds. The summed E-state index contributed by atoms with van der Waals surface area (Å²) in [6, 6.07) is 0. The third-order valence-electron chi connectivity index (χ3n) is 4.27. The molecule has 2 fully saturated rings. The maximum Gasteiger partial charge on any atom is 0.198 e. The molecular weight excluding hydrogens is 216 g/mol. The van der Waals surface area contributed by atoms with Crippen molar-refractivity contribution < 1.29 is 14.3 Å². The Hall–Kier alpha value is -0.670. The van der Waals surface area contributed by atoms with Crippen LogP contribution in [0.5, 0.6) is 0 Å². The summed E-state index contributed by atoms with van der Waals surface area (Å²) in [5, 5.41) is 0. The van der Waals surface area contributed by atoms with Gasteiger partial charge in [-0.05, 0) is 31.3 Å². The Balaban J connectivity index is 1.87. The molecule has 1 spiro atoms. The lowest BCUT2D eigenvalue weighted by molar-refractivity contribution is -0.288. The molecular formula is C14H20O3. The van der Waals surface area contributed by atoms with Crippen LogP contribution >= 0.6 is 0 Å². The zero-order valence-electron chi connectivity index (χ0n) is 10.6. The van der Waals surface area contributed by atoms with Gasteiger partial charge in [0.25, 0.3) is 0 Å². The maximum atomic E-state index is 11.4. The summed E-state index contributed by atoms with van der Waals surface area (Å²) < 4.78 is 11.9. The topological polar surface area (TPSA) is 35.5 Å². The summed E-state index contributed by atoms with van der Waals surface area (Å²) in [7, 11) is 0. The highest BCUT2D eigenvalue weighted by molar-refractivity contribution is 5.60. The van der Waals surface area contributed by atoms with Gasteiger partial charge in [-0.25, -0.2) is 0 Å². The average molecular weight is 236 g/mol. The van der Waals surface area contributed by atoms with Crippen LogP contribution in [0.3, 0.4) is 0 Å². The minimum atomic E-state index is -0.738. The monoisotopic (exact) mass is 236 g/mol. The van der Waals surface area contributed by atoms with Crippen molar-refractivity contribution in [1.29, 1.82) is 0 Å². The summed E-state index contributed by atoms with van der Waals surface area (Å²) in [5.74, 6) is -0.498. The van der Waals surface area contributed by atoms with Gasteiger partial charge in [0.15, 0.2) is 5.79 Å². The maximum absolute atomic E-state index is 11.4. The number of carbonyl (C=O) groups excluding carboxylic acids is 1. The predicted molar refractivity (Wildman–Crippen MR) is 63.4 cm³/mol. The molecule has 3 nitrogen and oxygen atoms in total. The van der Waals surface area contributed by atoms with Gasteiger partial charge in [0.1, 0.15) is 6.29 Å². The molecule has 2 aliphatic carbocycles. The van der Waals surface area contributed by atoms with Crippen molar-refractivity contribution in [2.45, 2.75) is 38.9 Å². The van der Waals surface area contributed by atoms with Crippen molar-refractivity contribution in [2.24, 2.45) is 17.3 Å². The Morgan fingerprint density at radius 3 is 2.71 bits per heavy atom. The average Bonchev–Trinajstić information content (AvgIpc) is 2.81. The van der Waals surface area contributed by atoms with E-state index in [0.29, 0.717) is 19.1 Å². The van der Waals surface area contributed by atoms with Crippen LogP contribution in [0, 0.1) is 17.3 Å². The fraction of sp³-hybridized carbons (Fsp3) is 0.786. The van der Waals surface area contributed by atoms with Gasteiger partial charge in [-0.1, -0.05) is 19.4 Å². The van der Waals surface area contributed by atoms with Crippen molar-refractivity contribution in [3.05, 3.63) is 11.6 Å². The van der Waals surface area contributed by atoms with Gasteiger partial charge in [-0.3, -0.25) is 0 Å². The third kappa shape index (κ3) is 1.67. The number of rotatable bonds is 1. The summed E-state index contributed by atoms with van der Waals surface area (Å²) in [6.45, 7) is 5.57. The fourth-order valence-electron chi connectivity index (χ4n) is 3.29. The van der Waals surface area contributed by atoms with Crippen molar-refractivity contribution in [1.82, 2.24) is 0 Å². The van der Waals surface area contributed by atoms with Crippen molar-refractivity contribution >= 4 is 6.29 Å². The molecule has 94 valence electrons. The molecule has 3 heteroatoms. The van der Waals surface area contributed by atoms with E-state index in [4.69, 9.17) is 9.47 Å². The first-order valence-corrected chi connectivity index (χ1v) is 6.51. The van der Waals surface area contributed by atoms with Gasteiger partial charge in [-0.15, -0.1) is 0 Å². The molecule has 2 atom stereocenters. The molecule has 0 aromatic heterocycles. The standard InChI is InChI=1S/C14H20O3/c1-13(2)8-16-14(17-9-13)6-10-4-3-5-11(10)12(14)7-15/h6-7,11-12H,3-5,8-9H2,1-2H3/t11-,12+/m1/s1. The Morgan fingerprint density at radius 2 is 2.06 bits per heavy atom. The number of hydrogen-bond donors (Lipinski definition) is 0. The number of aldehydes is 1. The van der Waals surface area contributed by atoms with Gasteiger partial charge >= 0.3 is 0 Å². The zero-order chi connectivity index (χ0) is 12.1. The molecule has 17 heavy (non-hydrogen) atoms. The second-order valence-electron chi connectivity index (χ2n) is 6.34. The van der Waals surface area contributed by atoms with Crippen molar-refractivity contribution in [2.75, 3.05) is 13.2 Å². The molecule has 3 rings (SSSR count). The largest absolute Gasteiger partial charge is 0.345 e. The summed E-state index contributed by atoms with van der Waals surface area (Å²) in [5.41, 5.74) is 1.43. The minimum Gasteiger partial charge on any atom is -0.345 e. The van der Waals surface area contributed by atoms with E-state index in [2.05, 4.69) is 19.9 Å². The second-order valence-corrected chi connectivity index (χ2v) is 6.34. The number of carbonyl (C=O) groups is 1. The van der Waals surface area contributed by atoms with Crippen LogP contribution in [0.15, 0.2) is 11.6 Å². The van der Waals surface area contributed by atoms with E-state index < -0.39 is 5.79 Å². The molecule has 0 N–H and O–H groups in total. The molecule has 0 aromatic carbocycles. The van der Waals surface area contributed by atoms with E-state index in [1.54, 1.807) is 0 Å². The van der Waals surface area contributed by atoms with Crippen LogP contribution < -0.4 is 0 Å². The molecule has 3 aliphatic rings. The first kappa shape index (κ1) is 11.4. The lowest BCUT2D eigenvalue weighted by atomic mass is 9.88. The van der Waals surface area contributed by atoms with Crippen LogP contribution in [0.4, 0.5) is 0 Å². The normalized spacial score (nSPS) is 37.9. The molecule has 1 saturated heterocycles. The Kier molecular flexibility index (Phi) is 2.46. The number of hydrogen-bond acceptors (Lipinski definition) is 3. The first-order chi connectivity index (χ1) is 8.06. The smallest absolute Gasteiger partial charge is 0.198 e. The van der Waals surface area contributed by atoms with Crippen LogP contribution in [0.2, 0.25) is 0 Å². The lowest BCUT2D eigenvalue weighted by Crippen LogP contribution is -2.50. The van der Waals surface area contributed by atoms with Gasteiger partial charge in [0.2, 0.25) is 0 Å². The highest BCUT2D eigenvalue weighted by Crippen LogP contribution is 2.51. The van der Waals surface area contributed by atoms with Gasteiger partial charge in [-0.2, -0.15) is 0 Å². The number of fused-ring (bicyclic) bond motifs is 1. The zero-order valence-corrected chi connectivity index (χ0v) is 10.6. The van der Waals surface area contributed by atoms with E-state index >= 15 is 0 Å². The quantitative estimate of drug-likeness (QED) is 0.517. The van der Waals surface area contributed by atoms with Crippen LogP contribution in [0.1, 0.15) is 33.1 Å². The summed E-state index contributed by atoms with van der Waals surface area (Å²) >= 11 is 0. The van der Waals surface area contributed by atoms with E-state index in [1.165, 1.54) is 12.0 Å². The molecule has 1 heterocycles. The van der Waals surface area contributed by atoms with Gasteiger partial charge in [0.05, 0.1) is 19.1 Å². The first-order valence-electron chi connectivity index (χ1n) is 6.51. The third-order valence-corrected chi connectivity index (χ3v) is 4.27. The fourth-order valence-corrected chi connectivity index (χ4v) is 3.29. The summed E-state index contributed by atoms with van der Waals surface area (Å²) in [6.07, 6.45) is 6.54. The Labute approximate surface area is 102 Å². The number of allylic oxidation sites excluding steroid dienone is 1. The van der Waals surface area contributed by atoms with Crippen LogP contribution in [-0.4, -0.2) is 25.3 Å². The molecule has 1 saturated carbocycles. The van der Waals surface area contributed by atoms with E-state index in [9.17, 15) is 4.79 Å². The van der Waals surface area contributed by atoms with Gasteiger partial charge in [0, 0.05) is 5.41 Å². The highest BCUT2D eigenvalue weighted by atomic mass is 16.7. The van der Waals surface area contributed by atoms with E-state index in [-0.39, 0.29) is 11.3 Å². The lowest BCUT2D eigenvalue weighted by Gasteiger charge is -2.43. The van der Waals surface area contributed by atoms with E-state index in [1.807, 2.05) is 0 Å². The highest BCUT2D eigenvalue weighted by Gasteiger charge is 2.54. The molecule has 0 bridgehead atoms.